The molecule has 0 amide bonds. The number of hydrogen-bond acceptors (Lipinski definition) is 2. The lowest BCUT2D eigenvalue weighted by Gasteiger charge is -2.16. The summed E-state index contributed by atoms with van der Waals surface area (Å²) in [5, 5.41) is 9.53. The van der Waals surface area contributed by atoms with E-state index in [1.54, 1.807) is 26.1 Å². The lowest BCUT2D eigenvalue weighted by Crippen LogP contribution is -2.21. The Morgan fingerprint density at radius 1 is 1.54 bits per heavy atom. The minimum atomic E-state index is -0.695. The van der Waals surface area contributed by atoms with E-state index in [-0.39, 0.29) is 0 Å². The van der Waals surface area contributed by atoms with Crippen LogP contribution in [0.1, 0.15) is 25.1 Å². The number of aromatic nitrogens is 1. The molecule has 0 aliphatic heterocycles. The van der Waals surface area contributed by atoms with Crippen molar-refractivity contribution in [2.24, 2.45) is 0 Å². The normalized spacial score (nSPS) is 10.9. The molecule has 1 aromatic rings. The minimum absolute atomic E-state index is 0.588. The zero-order valence-electron chi connectivity index (χ0n) is 7.91. The fraction of sp³-hybridized carbons (Fsp3) is 0.364. The van der Waals surface area contributed by atoms with Crippen molar-refractivity contribution in [1.82, 2.24) is 4.98 Å². The van der Waals surface area contributed by atoms with E-state index in [1.807, 2.05) is 6.07 Å². The molecule has 0 saturated carbocycles. The van der Waals surface area contributed by atoms with Crippen LogP contribution in [0.4, 0.5) is 0 Å². The molecule has 1 rings (SSSR count). The maximum Gasteiger partial charge on any atom is 0.112 e. The fourth-order valence-electron chi connectivity index (χ4n) is 1.11. The van der Waals surface area contributed by atoms with Gasteiger partial charge in [0.2, 0.25) is 0 Å². The summed E-state index contributed by atoms with van der Waals surface area (Å²) >= 11 is 0. The molecule has 2 nitrogen and oxygen atoms in total. The first-order valence-electron chi connectivity index (χ1n) is 4.15. The van der Waals surface area contributed by atoms with Crippen molar-refractivity contribution in [2.75, 3.05) is 0 Å². The second-order valence-electron chi connectivity index (χ2n) is 3.69. The smallest absolute Gasteiger partial charge is 0.112 e. The zero-order chi connectivity index (χ0) is 9.90. The van der Waals surface area contributed by atoms with Crippen LogP contribution < -0.4 is 0 Å². The Labute approximate surface area is 78.6 Å². The van der Waals surface area contributed by atoms with Crippen molar-refractivity contribution < 1.29 is 5.11 Å². The highest BCUT2D eigenvalue weighted by atomic mass is 16.3. The second-order valence-corrected chi connectivity index (χ2v) is 3.69. The average Bonchev–Trinajstić information content (AvgIpc) is 2.03. The van der Waals surface area contributed by atoms with Gasteiger partial charge in [-0.05, 0) is 25.5 Å². The van der Waals surface area contributed by atoms with Crippen molar-refractivity contribution in [3.63, 3.8) is 0 Å². The molecule has 1 N–H and O–H groups in total. The lowest BCUT2D eigenvalue weighted by molar-refractivity contribution is 0.0809. The Morgan fingerprint density at radius 2 is 2.23 bits per heavy atom. The quantitative estimate of drug-likeness (QED) is 0.689. The SMILES string of the molecule is C#Cc1ccc(CC(C)(C)O)cn1. The Kier molecular flexibility index (Phi) is 2.69. The molecule has 0 atom stereocenters. The maximum absolute atomic E-state index is 9.53. The van der Waals surface area contributed by atoms with Crippen molar-refractivity contribution in [1.29, 1.82) is 0 Å². The highest BCUT2D eigenvalue weighted by Gasteiger charge is 2.13. The van der Waals surface area contributed by atoms with E-state index in [9.17, 15) is 5.11 Å². The zero-order valence-corrected chi connectivity index (χ0v) is 7.91. The summed E-state index contributed by atoms with van der Waals surface area (Å²) in [6.45, 7) is 3.53. The van der Waals surface area contributed by atoms with Crippen LogP contribution in [0.2, 0.25) is 0 Å². The van der Waals surface area contributed by atoms with Crippen LogP contribution >= 0.6 is 0 Å². The number of aliphatic hydroxyl groups is 1. The van der Waals surface area contributed by atoms with Crippen molar-refractivity contribution >= 4 is 0 Å². The van der Waals surface area contributed by atoms with Crippen molar-refractivity contribution in [3.8, 4) is 12.3 Å². The Bertz CT molecular complexity index is 313. The average molecular weight is 175 g/mol. The monoisotopic (exact) mass is 175 g/mol. The van der Waals surface area contributed by atoms with Crippen LogP contribution in [0, 0.1) is 12.3 Å². The second kappa shape index (κ2) is 3.59. The molecule has 0 fully saturated rings. The molecule has 0 radical (unpaired) electrons. The summed E-state index contributed by atoms with van der Waals surface area (Å²) in [5.41, 5.74) is 0.922. The number of nitrogens with zero attached hydrogens (tertiary/aromatic N) is 1. The molecule has 1 heterocycles. The molecular formula is C11H13NO. The number of terminal acetylenes is 1. The molecule has 2 heteroatoms. The van der Waals surface area contributed by atoms with E-state index in [0.717, 1.165) is 5.56 Å². The van der Waals surface area contributed by atoms with E-state index in [4.69, 9.17) is 6.42 Å². The predicted octanol–water partition coefficient (Wildman–Crippen LogP) is 1.38. The molecule has 1 aromatic heterocycles. The van der Waals surface area contributed by atoms with Gasteiger partial charge in [0, 0.05) is 12.6 Å². The highest BCUT2D eigenvalue weighted by Crippen LogP contribution is 2.11. The Balaban J connectivity index is 2.77. The van der Waals surface area contributed by atoms with E-state index in [0.29, 0.717) is 12.1 Å². The molecule has 13 heavy (non-hydrogen) atoms. The van der Waals surface area contributed by atoms with Gasteiger partial charge in [0.1, 0.15) is 5.69 Å². The Hall–Kier alpha value is -1.33. The Morgan fingerprint density at radius 3 is 2.62 bits per heavy atom. The van der Waals surface area contributed by atoms with Gasteiger partial charge < -0.3 is 5.11 Å². The van der Waals surface area contributed by atoms with Crippen LogP contribution in [-0.4, -0.2) is 15.7 Å². The van der Waals surface area contributed by atoms with Gasteiger partial charge in [0.25, 0.3) is 0 Å². The van der Waals surface area contributed by atoms with Crippen LogP contribution in [0.25, 0.3) is 0 Å². The van der Waals surface area contributed by atoms with Gasteiger partial charge >= 0.3 is 0 Å². The fourth-order valence-corrected chi connectivity index (χ4v) is 1.11. The third-order valence-corrected chi connectivity index (χ3v) is 1.61. The van der Waals surface area contributed by atoms with Crippen molar-refractivity contribution in [3.05, 3.63) is 29.6 Å². The van der Waals surface area contributed by atoms with Crippen LogP contribution in [0.5, 0.6) is 0 Å². The van der Waals surface area contributed by atoms with Gasteiger partial charge in [-0.25, -0.2) is 4.98 Å². The first-order valence-corrected chi connectivity index (χ1v) is 4.15. The summed E-state index contributed by atoms with van der Waals surface area (Å²) in [7, 11) is 0. The summed E-state index contributed by atoms with van der Waals surface area (Å²) < 4.78 is 0. The molecule has 0 bridgehead atoms. The molecule has 0 saturated heterocycles. The van der Waals surface area contributed by atoms with Gasteiger partial charge in [-0.2, -0.15) is 0 Å². The van der Waals surface area contributed by atoms with Crippen LogP contribution in [0.3, 0.4) is 0 Å². The van der Waals surface area contributed by atoms with E-state index in [1.165, 1.54) is 0 Å². The van der Waals surface area contributed by atoms with Crippen molar-refractivity contribution in [2.45, 2.75) is 25.9 Å². The van der Waals surface area contributed by atoms with Gasteiger partial charge in [-0.1, -0.05) is 12.0 Å². The molecule has 0 unspecified atom stereocenters. The standard InChI is InChI=1S/C11H13NO/c1-4-10-6-5-9(8-12-10)7-11(2,3)13/h1,5-6,8,13H,7H2,2-3H3. The van der Waals surface area contributed by atoms with E-state index >= 15 is 0 Å². The number of rotatable bonds is 2. The third kappa shape index (κ3) is 3.27. The summed E-state index contributed by atoms with van der Waals surface area (Å²) in [6.07, 6.45) is 7.45. The lowest BCUT2D eigenvalue weighted by atomic mass is 10.0. The minimum Gasteiger partial charge on any atom is -0.390 e. The van der Waals surface area contributed by atoms with E-state index < -0.39 is 5.60 Å². The van der Waals surface area contributed by atoms with Gasteiger partial charge in [0.15, 0.2) is 0 Å². The first-order chi connectivity index (χ1) is 6.01. The first kappa shape index (κ1) is 9.76. The summed E-state index contributed by atoms with van der Waals surface area (Å²) in [6, 6.07) is 3.67. The van der Waals surface area contributed by atoms with Crippen LogP contribution in [0.15, 0.2) is 18.3 Å². The predicted molar refractivity (Wildman–Crippen MR) is 52.2 cm³/mol. The van der Waals surface area contributed by atoms with E-state index in [2.05, 4.69) is 10.9 Å². The molecule has 0 aliphatic carbocycles. The molecular weight excluding hydrogens is 162 g/mol. The van der Waals surface area contributed by atoms with Gasteiger partial charge in [-0.15, -0.1) is 6.42 Å². The molecule has 0 aliphatic rings. The topological polar surface area (TPSA) is 33.1 Å². The summed E-state index contributed by atoms with van der Waals surface area (Å²) in [5.74, 6) is 2.44. The van der Waals surface area contributed by atoms with Gasteiger partial charge in [0.05, 0.1) is 5.60 Å². The molecule has 0 aromatic carbocycles. The molecule has 0 spiro atoms. The van der Waals surface area contributed by atoms with Crippen LogP contribution in [-0.2, 0) is 6.42 Å². The highest BCUT2D eigenvalue weighted by molar-refractivity contribution is 5.26. The molecule has 68 valence electrons. The number of hydrogen-bond donors (Lipinski definition) is 1. The largest absolute Gasteiger partial charge is 0.390 e. The number of pyridine rings is 1. The van der Waals surface area contributed by atoms with Gasteiger partial charge in [-0.3, -0.25) is 0 Å². The maximum atomic E-state index is 9.53. The third-order valence-electron chi connectivity index (χ3n) is 1.61. The summed E-state index contributed by atoms with van der Waals surface area (Å²) in [4.78, 5) is 4.03.